The van der Waals surface area contributed by atoms with E-state index in [0.717, 1.165) is 26.4 Å². The zero-order valence-electron chi connectivity index (χ0n) is 14.4. The normalized spacial score (nSPS) is 15.0. The molecule has 0 N–H and O–H groups in total. The van der Waals surface area contributed by atoms with Gasteiger partial charge in [0.05, 0.1) is 5.22 Å². The second-order valence-electron chi connectivity index (χ2n) is 6.27. The van der Waals surface area contributed by atoms with E-state index in [9.17, 15) is 14.0 Å². The molecule has 0 radical (unpaired) electrons. The SMILES string of the molecule is C=CCN1C=c2ccc3c4c(ccc(c24)=C1)=C(O[Cl+3]([O-])([O-])[O-])N(CC=C)C=3. The average Bonchev–Trinajstić information content (AvgIpc) is 2.61. The van der Waals surface area contributed by atoms with Crippen LogP contribution in [0.25, 0.3) is 35.3 Å². The van der Waals surface area contributed by atoms with Crippen LogP contribution in [0.3, 0.4) is 0 Å². The maximum absolute atomic E-state index is 11.3. The van der Waals surface area contributed by atoms with Gasteiger partial charge in [-0.25, -0.2) is 0 Å². The van der Waals surface area contributed by atoms with Crippen LogP contribution in [0.5, 0.6) is 0 Å². The van der Waals surface area contributed by atoms with Crippen LogP contribution in [0.2, 0.25) is 0 Å². The lowest BCUT2D eigenvalue weighted by molar-refractivity contribution is -1.92. The topological polar surface area (TPSA) is 84.9 Å². The number of hydrogen-bond donors (Lipinski definition) is 0. The smallest absolute Gasteiger partial charge is 0.349 e. The summed E-state index contributed by atoms with van der Waals surface area (Å²) in [5, 5.41) is 5.31. The summed E-state index contributed by atoms with van der Waals surface area (Å²) in [6.45, 7) is 8.44. The van der Waals surface area contributed by atoms with Gasteiger partial charge >= 0.3 is 5.88 Å². The molecule has 7 heteroatoms. The van der Waals surface area contributed by atoms with Gasteiger partial charge in [-0.15, -0.1) is 13.2 Å². The molecular formula is C20H17ClN2O4. The fourth-order valence-electron chi connectivity index (χ4n) is 3.56. The molecule has 6 nitrogen and oxygen atoms in total. The second kappa shape index (κ2) is 6.44. The predicted octanol–water partition coefficient (Wildman–Crippen LogP) is -2.96. The molecule has 0 bridgehead atoms. The van der Waals surface area contributed by atoms with Gasteiger partial charge in [0, 0.05) is 42.5 Å². The molecule has 2 aromatic rings. The molecule has 4 rings (SSSR count). The van der Waals surface area contributed by atoms with Crippen molar-refractivity contribution in [1.82, 2.24) is 9.80 Å². The molecule has 2 heterocycles. The van der Waals surface area contributed by atoms with Gasteiger partial charge in [-0.05, 0) is 26.0 Å². The van der Waals surface area contributed by atoms with Gasteiger partial charge in [0.25, 0.3) is 0 Å². The fourth-order valence-corrected chi connectivity index (χ4v) is 3.91. The van der Waals surface area contributed by atoms with Gasteiger partial charge in [0.2, 0.25) is 0 Å². The van der Waals surface area contributed by atoms with E-state index in [2.05, 4.69) is 13.2 Å². The predicted molar refractivity (Wildman–Crippen MR) is 94.1 cm³/mol. The lowest BCUT2D eigenvalue weighted by Crippen LogP contribution is -2.61. The highest BCUT2D eigenvalue weighted by Gasteiger charge is 2.29. The first-order valence-corrected chi connectivity index (χ1v) is 9.51. The molecule has 0 aliphatic carbocycles. The van der Waals surface area contributed by atoms with Crippen molar-refractivity contribution in [3.05, 3.63) is 70.4 Å². The van der Waals surface area contributed by atoms with Gasteiger partial charge in [0.15, 0.2) is 0 Å². The molecule has 0 atom stereocenters. The zero-order chi connectivity index (χ0) is 19.2. The fraction of sp³-hybridized carbons (Fsp3) is 0.100. The average molecular weight is 385 g/mol. The highest BCUT2D eigenvalue weighted by atomic mass is 35.7. The third-order valence-electron chi connectivity index (χ3n) is 4.49. The number of halogens is 1. The summed E-state index contributed by atoms with van der Waals surface area (Å²) < 4.78 is 38.6. The molecule has 0 saturated carbocycles. The van der Waals surface area contributed by atoms with Gasteiger partial charge in [-0.2, -0.15) is 14.0 Å². The first-order valence-electron chi connectivity index (χ1n) is 8.27. The van der Waals surface area contributed by atoms with E-state index in [4.69, 9.17) is 4.29 Å². The van der Waals surface area contributed by atoms with E-state index in [1.165, 1.54) is 0 Å². The number of hydrogen-bond acceptors (Lipinski definition) is 6. The summed E-state index contributed by atoms with van der Waals surface area (Å²) in [6.07, 6.45) is 9.22. The Labute approximate surface area is 157 Å². The Balaban J connectivity index is 2.09. The van der Waals surface area contributed by atoms with E-state index in [1.54, 1.807) is 23.2 Å². The van der Waals surface area contributed by atoms with Crippen LogP contribution in [0.1, 0.15) is 0 Å². The summed E-state index contributed by atoms with van der Waals surface area (Å²) in [6, 6.07) is 7.65. The Bertz CT molecular complexity index is 1180. The van der Waals surface area contributed by atoms with Crippen LogP contribution in [-0.4, -0.2) is 22.9 Å². The molecule has 0 amide bonds. The van der Waals surface area contributed by atoms with Crippen molar-refractivity contribution in [2.75, 3.05) is 13.1 Å². The highest BCUT2D eigenvalue weighted by Crippen LogP contribution is 2.16. The first kappa shape index (κ1) is 17.6. The van der Waals surface area contributed by atoms with E-state index >= 15 is 0 Å². The minimum atomic E-state index is -4.62. The molecule has 2 aromatic carbocycles. The van der Waals surface area contributed by atoms with Crippen LogP contribution >= 0.6 is 0 Å². The standard InChI is InChI=1S/C20H17ClN2O4/c1-3-9-22-11-14-5-6-16-13-23(10-4-2)20(27-21(24,25)26)17-8-7-15(12-22)18(14)19(16)17/h3-8,11-13H,1-2,9-10H2. The largest absolute Gasteiger partial charge is 0.369 e. The molecular weight excluding hydrogens is 368 g/mol. The minimum absolute atomic E-state index is 0.0173. The molecule has 0 fully saturated rings. The van der Waals surface area contributed by atoms with Crippen LogP contribution in [0.4, 0.5) is 0 Å². The number of nitrogens with zero attached hydrogens (tertiary/aromatic N) is 2. The van der Waals surface area contributed by atoms with E-state index in [1.807, 2.05) is 41.6 Å². The quantitative estimate of drug-likeness (QED) is 0.495. The summed E-state index contributed by atoms with van der Waals surface area (Å²) in [5.41, 5.74) is 0. The van der Waals surface area contributed by atoms with Crippen LogP contribution in [0.15, 0.2) is 49.6 Å². The lowest BCUT2D eigenvalue weighted by atomic mass is 9.99. The lowest BCUT2D eigenvalue weighted by Gasteiger charge is -2.24. The van der Waals surface area contributed by atoms with E-state index < -0.39 is 10.2 Å². The Morgan fingerprint density at radius 2 is 1.44 bits per heavy atom. The number of benzene rings is 2. The van der Waals surface area contributed by atoms with Crippen LogP contribution in [0, 0.1) is 10.2 Å². The van der Waals surface area contributed by atoms with E-state index in [0.29, 0.717) is 18.3 Å². The molecule has 27 heavy (non-hydrogen) atoms. The molecule has 2 aliphatic heterocycles. The Hall–Kier alpha value is -2.77. The summed E-state index contributed by atoms with van der Waals surface area (Å²) in [7, 11) is -4.62. The molecule has 138 valence electrons. The monoisotopic (exact) mass is 384 g/mol. The second-order valence-corrected chi connectivity index (χ2v) is 7.18. The number of rotatable bonds is 6. The minimum Gasteiger partial charge on any atom is -0.349 e. The molecule has 2 aliphatic rings. The third kappa shape index (κ3) is 3.09. The molecule has 0 spiro atoms. The summed E-state index contributed by atoms with van der Waals surface area (Å²) in [5.74, 6) is -0.0173. The molecule has 0 aromatic heterocycles. The first-order chi connectivity index (χ1) is 12.9. The van der Waals surface area contributed by atoms with Gasteiger partial charge in [0.1, 0.15) is 10.2 Å². The van der Waals surface area contributed by atoms with Crippen LogP contribution in [-0.2, 0) is 4.29 Å². The van der Waals surface area contributed by atoms with Crippen molar-refractivity contribution >= 4 is 35.3 Å². The molecule has 0 saturated heterocycles. The highest BCUT2D eigenvalue weighted by molar-refractivity contribution is 5.89. The van der Waals surface area contributed by atoms with Gasteiger partial charge < -0.3 is 9.80 Å². The summed E-state index contributed by atoms with van der Waals surface area (Å²) >= 11 is 0. The van der Waals surface area contributed by atoms with Crippen molar-refractivity contribution < 1.29 is 28.5 Å². The Morgan fingerprint density at radius 3 is 2.04 bits per heavy atom. The maximum Gasteiger partial charge on any atom is 0.369 e. The van der Waals surface area contributed by atoms with Crippen molar-refractivity contribution in [3.8, 4) is 0 Å². The van der Waals surface area contributed by atoms with Gasteiger partial charge in [-0.1, -0.05) is 30.4 Å². The van der Waals surface area contributed by atoms with Crippen molar-refractivity contribution in [3.63, 3.8) is 0 Å². The van der Waals surface area contributed by atoms with Crippen molar-refractivity contribution in [2.24, 2.45) is 0 Å². The van der Waals surface area contributed by atoms with E-state index in [-0.39, 0.29) is 5.88 Å². The van der Waals surface area contributed by atoms with Crippen molar-refractivity contribution in [1.29, 1.82) is 0 Å². The van der Waals surface area contributed by atoms with Crippen LogP contribution < -0.4 is 34.9 Å². The Kier molecular flexibility index (Phi) is 4.20. The third-order valence-corrected chi connectivity index (χ3v) is 4.82. The molecule has 0 unspecified atom stereocenters. The Morgan fingerprint density at radius 1 is 0.852 bits per heavy atom. The summed E-state index contributed by atoms with van der Waals surface area (Å²) in [4.78, 5) is 3.60. The van der Waals surface area contributed by atoms with Gasteiger partial charge in [-0.3, -0.25) is 0 Å². The van der Waals surface area contributed by atoms with Crippen molar-refractivity contribution in [2.45, 2.75) is 0 Å². The maximum atomic E-state index is 11.3. The zero-order valence-corrected chi connectivity index (χ0v) is 15.2.